The van der Waals surface area contributed by atoms with Crippen LogP contribution in [0.4, 0.5) is 0 Å². The molecule has 0 amide bonds. The highest BCUT2D eigenvalue weighted by molar-refractivity contribution is 4.84. The number of nitrogens with zero attached hydrogens (tertiary/aromatic N) is 1. The number of nitriles is 1. The first-order chi connectivity index (χ1) is 3.43. The van der Waals surface area contributed by atoms with Gasteiger partial charge in [-0.15, -0.1) is 0 Å². The highest BCUT2D eigenvalue weighted by Gasteiger charge is 2.13. The van der Waals surface area contributed by atoms with Gasteiger partial charge in [-0.2, -0.15) is 5.26 Å². The van der Waals surface area contributed by atoms with E-state index in [0.717, 1.165) is 0 Å². The molecule has 1 unspecified atom stereocenters. The molecule has 0 saturated carbocycles. The summed E-state index contributed by atoms with van der Waals surface area (Å²) in [5, 5.41) is 8.11. The van der Waals surface area contributed by atoms with Gasteiger partial charge in [-0.1, -0.05) is 0 Å². The molecule has 38 valence electrons. The van der Waals surface area contributed by atoms with Crippen LogP contribution in [-0.4, -0.2) is 19.5 Å². The van der Waals surface area contributed by atoms with Gasteiger partial charge in [0.2, 0.25) is 0 Å². The number of hydrogen-bond acceptors (Lipinski definition) is 3. The summed E-state index contributed by atoms with van der Waals surface area (Å²) in [6, 6.07) is 1.92. The van der Waals surface area contributed by atoms with E-state index >= 15 is 0 Å². The summed E-state index contributed by atoms with van der Waals surface area (Å²) in [5.74, 6) is 0. The maximum atomic E-state index is 8.11. The number of ether oxygens (including phenoxy) is 2. The Hall–Kier alpha value is -0.590. The topological polar surface area (TPSA) is 42.2 Å². The lowest BCUT2D eigenvalue weighted by Gasteiger charge is -1.87. The molecule has 3 heteroatoms. The molecular weight excluding hydrogens is 94.0 g/mol. The van der Waals surface area contributed by atoms with Crippen LogP contribution in [0.1, 0.15) is 0 Å². The highest BCUT2D eigenvalue weighted by atomic mass is 16.7. The molecule has 0 bridgehead atoms. The van der Waals surface area contributed by atoms with Gasteiger partial charge in [0.15, 0.2) is 6.10 Å². The van der Waals surface area contributed by atoms with E-state index in [1.165, 1.54) is 0 Å². The van der Waals surface area contributed by atoms with Gasteiger partial charge >= 0.3 is 0 Å². The molecule has 1 aliphatic rings. The van der Waals surface area contributed by atoms with E-state index in [4.69, 9.17) is 14.7 Å². The first kappa shape index (κ1) is 4.57. The summed E-state index contributed by atoms with van der Waals surface area (Å²) in [6.45, 7) is 0.703. The van der Waals surface area contributed by atoms with E-state index in [0.29, 0.717) is 6.61 Å². The van der Waals surface area contributed by atoms with Crippen LogP contribution >= 0.6 is 0 Å². The van der Waals surface area contributed by atoms with Crippen LogP contribution in [0.25, 0.3) is 0 Å². The van der Waals surface area contributed by atoms with Crippen molar-refractivity contribution >= 4 is 0 Å². The molecule has 0 spiro atoms. The van der Waals surface area contributed by atoms with E-state index in [1.807, 2.05) is 6.07 Å². The van der Waals surface area contributed by atoms with Crippen molar-refractivity contribution in [2.75, 3.05) is 13.4 Å². The minimum absolute atomic E-state index is 0.276. The standard InChI is InChI=1S/C4H5NO2/c5-1-4-2-6-3-7-4/h4H,2-3H2. The van der Waals surface area contributed by atoms with E-state index in [9.17, 15) is 0 Å². The van der Waals surface area contributed by atoms with Gasteiger partial charge in [-0.3, -0.25) is 0 Å². The van der Waals surface area contributed by atoms with Crippen molar-refractivity contribution in [3.05, 3.63) is 0 Å². The van der Waals surface area contributed by atoms with Crippen molar-refractivity contribution in [2.24, 2.45) is 0 Å². The van der Waals surface area contributed by atoms with Gasteiger partial charge < -0.3 is 9.47 Å². The average molecular weight is 99.1 g/mol. The Kier molecular flexibility index (Phi) is 1.25. The Labute approximate surface area is 41.4 Å². The lowest BCUT2D eigenvalue weighted by Crippen LogP contribution is -2.03. The largest absolute Gasteiger partial charge is 0.352 e. The second-order valence-corrected chi connectivity index (χ2v) is 1.27. The molecule has 7 heavy (non-hydrogen) atoms. The molecular formula is C4H5NO2. The van der Waals surface area contributed by atoms with Gasteiger partial charge in [-0.05, 0) is 0 Å². The lowest BCUT2D eigenvalue weighted by atomic mass is 10.4. The molecule has 1 atom stereocenters. The minimum atomic E-state index is -0.319. The second-order valence-electron chi connectivity index (χ2n) is 1.27. The summed E-state index contributed by atoms with van der Waals surface area (Å²) in [4.78, 5) is 0. The molecule has 1 heterocycles. The fourth-order valence-corrected chi connectivity index (χ4v) is 0.408. The minimum Gasteiger partial charge on any atom is -0.352 e. The zero-order valence-electron chi connectivity index (χ0n) is 3.76. The van der Waals surface area contributed by atoms with Crippen LogP contribution in [0.15, 0.2) is 0 Å². The van der Waals surface area contributed by atoms with Crippen molar-refractivity contribution in [1.29, 1.82) is 5.26 Å². The van der Waals surface area contributed by atoms with Gasteiger partial charge in [0.25, 0.3) is 0 Å². The quantitative estimate of drug-likeness (QED) is 0.425. The van der Waals surface area contributed by atoms with Crippen LogP contribution in [0, 0.1) is 11.3 Å². The van der Waals surface area contributed by atoms with Gasteiger partial charge in [0, 0.05) is 0 Å². The molecule has 3 nitrogen and oxygen atoms in total. The summed E-state index contributed by atoms with van der Waals surface area (Å²) < 4.78 is 9.42. The molecule has 0 aromatic carbocycles. The summed E-state index contributed by atoms with van der Waals surface area (Å²) in [6.07, 6.45) is -0.319. The molecule has 0 radical (unpaired) electrons. The number of rotatable bonds is 0. The molecule has 0 aromatic heterocycles. The lowest BCUT2D eigenvalue weighted by molar-refractivity contribution is 0.0585. The van der Waals surface area contributed by atoms with Crippen LogP contribution in [0.5, 0.6) is 0 Å². The third kappa shape index (κ3) is 0.889. The Morgan fingerprint density at radius 3 is 2.86 bits per heavy atom. The molecule has 1 fully saturated rings. The van der Waals surface area contributed by atoms with Crippen molar-refractivity contribution in [3.63, 3.8) is 0 Å². The first-order valence-electron chi connectivity index (χ1n) is 2.02. The zero-order chi connectivity index (χ0) is 5.11. The Morgan fingerprint density at radius 2 is 2.57 bits per heavy atom. The SMILES string of the molecule is N#CC1COCO1. The second kappa shape index (κ2) is 1.92. The normalized spacial score (nSPS) is 29.9. The molecule has 1 rings (SSSR count). The summed E-state index contributed by atoms with van der Waals surface area (Å²) >= 11 is 0. The van der Waals surface area contributed by atoms with E-state index in [-0.39, 0.29) is 12.9 Å². The fraction of sp³-hybridized carbons (Fsp3) is 0.750. The van der Waals surface area contributed by atoms with Gasteiger partial charge in [-0.25, -0.2) is 0 Å². The third-order valence-corrected chi connectivity index (χ3v) is 0.766. The molecule has 1 saturated heterocycles. The van der Waals surface area contributed by atoms with Crippen molar-refractivity contribution in [1.82, 2.24) is 0 Å². The molecule has 0 aromatic rings. The van der Waals surface area contributed by atoms with E-state index in [2.05, 4.69) is 0 Å². The fourth-order valence-electron chi connectivity index (χ4n) is 0.408. The van der Waals surface area contributed by atoms with Crippen molar-refractivity contribution in [3.8, 4) is 6.07 Å². The van der Waals surface area contributed by atoms with Crippen LogP contribution in [-0.2, 0) is 9.47 Å². The first-order valence-corrected chi connectivity index (χ1v) is 2.02. The average Bonchev–Trinajstić information content (AvgIpc) is 2.14. The summed E-state index contributed by atoms with van der Waals surface area (Å²) in [5.41, 5.74) is 0. The maximum absolute atomic E-state index is 8.11. The monoisotopic (exact) mass is 99.0 g/mol. The highest BCUT2D eigenvalue weighted by Crippen LogP contribution is 1.99. The third-order valence-electron chi connectivity index (χ3n) is 0.766. The maximum Gasteiger partial charge on any atom is 0.170 e. The predicted octanol–water partition coefficient (Wildman–Crippen LogP) is -0.117. The Balaban J connectivity index is 2.31. The molecule has 1 aliphatic heterocycles. The van der Waals surface area contributed by atoms with Crippen LogP contribution in [0.2, 0.25) is 0 Å². The number of hydrogen-bond donors (Lipinski definition) is 0. The Bertz CT molecular complexity index is 90.4. The molecule has 0 aliphatic carbocycles. The smallest absolute Gasteiger partial charge is 0.170 e. The van der Waals surface area contributed by atoms with Crippen molar-refractivity contribution < 1.29 is 9.47 Å². The van der Waals surface area contributed by atoms with Crippen LogP contribution < -0.4 is 0 Å². The van der Waals surface area contributed by atoms with Gasteiger partial charge in [0.05, 0.1) is 12.7 Å². The summed E-state index contributed by atoms with van der Waals surface area (Å²) in [7, 11) is 0. The van der Waals surface area contributed by atoms with Crippen LogP contribution in [0.3, 0.4) is 0 Å². The zero-order valence-corrected chi connectivity index (χ0v) is 3.76. The van der Waals surface area contributed by atoms with Gasteiger partial charge in [0.1, 0.15) is 6.79 Å². The van der Waals surface area contributed by atoms with E-state index in [1.54, 1.807) is 0 Å². The Morgan fingerprint density at radius 1 is 1.71 bits per heavy atom. The van der Waals surface area contributed by atoms with E-state index < -0.39 is 0 Å². The van der Waals surface area contributed by atoms with Crippen molar-refractivity contribution in [2.45, 2.75) is 6.10 Å². The predicted molar refractivity (Wildman–Crippen MR) is 21.3 cm³/mol. The molecule has 0 N–H and O–H groups in total.